The van der Waals surface area contributed by atoms with Crippen molar-refractivity contribution in [3.63, 3.8) is 0 Å². The highest BCUT2D eigenvalue weighted by Gasteiger charge is 2.16. The molecule has 6 nitrogen and oxygen atoms in total. The van der Waals surface area contributed by atoms with Gasteiger partial charge in [-0.1, -0.05) is 12.1 Å². The van der Waals surface area contributed by atoms with Crippen LogP contribution in [0.25, 0.3) is 0 Å². The number of aliphatic hydroxyl groups excluding tert-OH is 1. The summed E-state index contributed by atoms with van der Waals surface area (Å²) in [7, 11) is -1.89. The van der Waals surface area contributed by atoms with Gasteiger partial charge >= 0.3 is 0 Å². The minimum Gasteiger partial charge on any atom is -0.396 e. The first kappa shape index (κ1) is 14.5. The molecule has 2 N–H and O–H groups in total. The molecule has 20 heavy (non-hydrogen) atoms. The van der Waals surface area contributed by atoms with Crippen molar-refractivity contribution in [2.45, 2.75) is 18.2 Å². The maximum atomic E-state index is 12.2. The average Bonchev–Trinajstić information content (AvgIpc) is 2.68. The molecule has 0 atom stereocenters. The van der Waals surface area contributed by atoms with Crippen LogP contribution < -0.4 is 4.72 Å². The molecule has 0 saturated heterocycles. The first-order chi connectivity index (χ1) is 9.42. The molecule has 1 aromatic carbocycles. The van der Waals surface area contributed by atoms with Gasteiger partial charge in [0.05, 0.1) is 16.3 Å². The Morgan fingerprint density at radius 3 is 2.45 bits per heavy atom. The third-order valence-electron chi connectivity index (χ3n) is 2.89. The van der Waals surface area contributed by atoms with Gasteiger partial charge in [-0.05, 0) is 31.0 Å². The molecule has 0 aliphatic heterocycles. The van der Waals surface area contributed by atoms with Crippen LogP contribution >= 0.6 is 0 Å². The van der Waals surface area contributed by atoms with Crippen molar-refractivity contribution >= 4 is 15.7 Å². The lowest BCUT2D eigenvalue weighted by Gasteiger charge is -2.07. The molecule has 0 amide bonds. The van der Waals surface area contributed by atoms with Crippen molar-refractivity contribution in [3.05, 3.63) is 41.7 Å². The number of hydrogen-bond acceptors (Lipinski definition) is 4. The molecule has 0 spiro atoms. The van der Waals surface area contributed by atoms with E-state index < -0.39 is 10.0 Å². The normalized spacial score (nSPS) is 11.6. The fraction of sp³-hybridized carbons (Fsp3) is 0.308. The van der Waals surface area contributed by atoms with E-state index in [2.05, 4.69) is 9.82 Å². The fourth-order valence-corrected chi connectivity index (χ4v) is 2.97. The van der Waals surface area contributed by atoms with Gasteiger partial charge in [0.2, 0.25) is 0 Å². The monoisotopic (exact) mass is 295 g/mol. The molecule has 0 aliphatic rings. The van der Waals surface area contributed by atoms with E-state index in [1.54, 1.807) is 37.0 Å². The quantitative estimate of drug-likeness (QED) is 0.864. The number of nitrogens with zero attached hydrogens (tertiary/aromatic N) is 2. The predicted molar refractivity (Wildman–Crippen MR) is 76.0 cm³/mol. The third-order valence-corrected chi connectivity index (χ3v) is 4.27. The first-order valence-corrected chi connectivity index (χ1v) is 7.63. The summed E-state index contributed by atoms with van der Waals surface area (Å²) in [6, 6.07) is 6.44. The lowest BCUT2D eigenvalue weighted by molar-refractivity contribution is 0.299. The summed E-state index contributed by atoms with van der Waals surface area (Å²) in [5, 5.41) is 12.9. The number of aliphatic hydroxyl groups is 1. The van der Waals surface area contributed by atoms with Crippen LogP contribution in [0.3, 0.4) is 0 Å². The number of anilines is 1. The first-order valence-electron chi connectivity index (χ1n) is 6.15. The van der Waals surface area contributed by atoms with E-state index in [1.807, 2.05) is 0 Å². The molecule has 2 aromatic rings. The minimum atomic E-state index is -3.62. The molecule has 7 heteroatoms. The largest absolute Gasteiger partial charge is 0.396 e. The van der Waals surface area contributed by atoms with Gasteiger partial charge in [0.15, 0.2) is 0 Å². The Labute approximate surface area is 118 Å². The van der Waals surface area contributed by atoms with Crippen LogP contribution in [0.5, 0.6) is 0 Å². The molecule has 0 fully saturated rings. The van der Waals surface area contributed by atoms with Gasteiger partial charge in [0.1, 0.15) is 0 Å². The molecular formula is C13H17N3O3S. The number of nitrogens with one attached hydrogen (secondary N) is 1. The van der Waals surface area contributed by atoms with Gasteiger partial charge in [-0.15, -0.1) is 0 Å². The smallest absolute Gasteiger partial charge is 0.262 e. The lowest BCUT2D eigenvalue weighted by Crippen LogP contribution is -2.13. The Balaban J connectivity index is 2.24. The van der Waals surface area contributed by atoms with Crippen molar-refractivity contribution < 1.29 is 13.5 Å². The average molecular weight is 295 g/mol. The predicted octanol–water partition coefficient (Wildman–Crippen LogP) is 1.06. The second-order valence-corrected chi connectivity index (χ2v) is 6.21. The summed E-state index contributed by atoms with van der Waals surface area (Å²) in [4.78, 5) is 0.183. The highest BCUT2D eigenvalue weighted by molar-refractivity contribution is 7.92. The zero-order valence-electron chi connectivity index (χ0n) is 11.4. The zero-order valence-corrected chi connectivity index (χ0v) is 12.2. The number of sulfonamides is 1. The van der Waals surface area contributed by atoms with Gasteiger partial charge in [0.25, 0.3) is 10.0 Å². The Morgan fingerprint density at radius 1 is 1.30 bits per heavy atom. The SMILES string of the molecule is Cc1nn(C)cc1NS(=O)(=O)c1ccc(CCO)cc1. The van der Waals surface area contributed by atoms with E-state index in [0.29, 0.717) is 17.8 Å². The molecule has 0 saturated carbocycles. The van der Waals surface area contributed by atoms with E-state index in [1.165, 1.54) is 12.1 Å². The summed E-state index contributed by atoms with van der Waals surface area (Å²) in [6.07, 6.45) is 2.13. The molecular weight excluding hydrogens is 278 g/mol. The number of hydrogen-bond donors (Lipinski definition) is 2. The lowest BCUT2D eigenvalue weighted by atomic mass is 10.2. The van der Waals surface area contributed by atoms with Crippen LogP contribution in [0.15, 0.2) is 35.4 Å². The summed E-state index contributed by atoms with van der Waals surface area (Å²) >= 11 is 0. The molecule has 0 radical (unpaired) electrons. The van der Waals surface area contributed by atoms with Crippen molar-refractivity contribution in [1.29, 1.82) is 0 Å². The fourth-order valence-electron chi connectivity index (χ4n) is 1.87. The van der Waals surface area contributed by atoms with Crippen LogP contribution in [0.2, 0.25) is 0 Å². The zero-order chi connectivity index (χ0) is 14.8. The molecule has 0 bridgehead atoms. The van der Waals surface area contributed by atoms with Crippen LogP contribution in [-0.2, 0) is 23.5 Å². The van der Waals surface area contributed by atoms with Gasteiger partial charge in [-0.2, -0.15) is 5.10 Å². The Kier molecular flexibility index (Phi) is 4.10. The number of aromatic nitrogens is 2. The second-order valence-electron chi connectivity index (χ2n) is 4.52. The Hall–Kier alpha value is -1.86. The highest BCUT2D eigenvalue weighted by Crippen LogP contribution is 2.18. The highest BCUT2D eigenvalue weighted by atomic mass is 32.2. The summed E-state index contributed by atoms with van der Waals surface area (Å²) in [5.74, 6) is 0. The molecule has 108 valence electrons. The molecule has 0 unspecified atom stereocenters. The van der Waals surface area contributed by atoms with Crippen molar-refractivity contribution in [3.8, 4) is 0 Å². The van der Waals surface area contributed by atoms with E-state index in [4.69, 9.17) is 5.11 Å². The van der Waals surface area contributed by atoms with Gasteiger partial charge in [-0.25, -0.2) is 8.42 Å². The summed E-state index contributed by atoms with van der Waals surface area (Å²) in [6.45, 7) is 1.78. The van der Waals surface area contributed by atoms with Gasteiger partial charge in [0, 0.05) is 19.9 Å². The van der Waals surface area contributed by atoms with E-state index in [-0.39, 0.29) is 11.5 Å². The van der Waals surface area contributed by atoms with Crippen molar-refractivity contribution in [1.82, 2.24) is 9.78 Å². The number of benzene rings is 1. The standard InChI is InChI=1S/C13H17N3O3S/c1-10-13(9-16(2)14-10)15-20(18,19)12-5-3-11(4-6-12)7-8-17/h3-6,9,15,17H,7-8H2,1-2H3. The maximum absolute atomic E-state index is 12.2. The topological polar surface area (TPSA) is 84.2 Å². The van der Waals surface area contributed by atoms with Gasteiger partial charge < -0.3 is 5.11 Å². The van der Waals surface area contributed by atoms with E-state index >= 15 is 0 Å². The number of rotatable bonds is 5. The van der Waals surface area contributed by atoms with E-state index in [9.17, 15) is 8.42 Å². The second kappa shape index (κ2) is 5.64. The van der Waals surface area contributed by atoms with Crippen molar-refractivity contribution in [2.75, 3.05) is 11.3 Å². The molecule has 1 aromatic heterocycles. The van der Waals surface area contributed by atoms with E-state index in [0.717, 1.165) is 5.56 Å². The van der Waals surface area contributed by atoms with Crippen molar-refractivity contribution in [2.24, 2.45) is 7.05 Å². The minimum absolute atomic E-state index is 0.0409. The summed E-state index contributed by atoms with van der Waals surface area (Å²) < 4.78 is 28.5. The van der Waals surface area contributed by atoms with Gasteiger partial charge in [-0.3, -0.25) is 9.40 Å². The molecule has 0 aliphatic carbocycles. The third kappa shape index (κ3) is 3.17. The number of aryl methyl sites for hydroxylation is 2. The van der Waals surface area contributed by atoms with Crippen LogP contribution in [-0.4, -0.2) is 29.9 Å². The van der Waals surface area contributed by atoms with Crippen LogP contribution in [0, 0.1) is 6.92 Å². The molecule has 2 rings (SSSR count). The Morgan fingerprint density at radius 2 is 1.95 bits per heavy atom. The van der Waals surface area contributed by atoms with Crippen LogP contribution in [0.1, 0.15) is 11.3 Å². The maximum Gasteiger partial charge on any atom is 0.262 e. The van der Waals surface area contributed by atoms with Crippen LogP contribution in [0.4, 0.5) is 5.69 Å². The molecule has 1 heterocycles. The summed E-state index contributed by atoms with van der Waals surface area (Å²) in [5.41, 5.74) is 1.98. The Bertz CT molecular complexity index is 690.